The Kier molecular flexibility index (Phi) is 4.57. The molecule has 3 rings (SSSR count). The molecule has 2 aliphatic rings. The Morgan fingerprint density at radius 1 is 1.14 bits per heavy atom. The van der Waals surface area contributed by atoms with Crippen molar-refractivity contribution in [2.24, 2.45) is 5.84 Å². The van der Waals surface area contributed by atoms with Gasteiger partial charge in [-0.2, -0.15) is 0 Å². The lowest BCUT2D eigenvalue weighted by molar-refractivity contribution is 0.0763. The van der Waals surface area contributed by atoms with E-state index < -0.39 is 0 Å². The normalized spacial score (nSPS) is 23.5. The number of nitrogens with one attached hydrogen (secondary N) is 1. The fourth-order valence-electron chi connectivity index (χ4n) is 4.32. The highest BCUT2D eigenvalue weighted by atomic mass is 19.1. The number of nitrogens with two attached hydrogens (primary N) is 1. The Bertz CT molecular complexity index is 465. The molecule has 1 aliphatic carbocycles. The van der Waals surface area contributed by atoms with Crippen LogP contribution in [0, 0.1) is 5.82 Å². The van der Waals surface area contributed by atoms with Crippen LogP contribution in [0.3, 0.4) is 0 Å². The first-order valence-corrected chi connectivity index (χ1v) is 8.21. The molecule has 0 bridgehead atoms. The smallest absolute Gasteiger partial charge is 0.126 e. The second-order valence-electron chi connectivity index (χ2n) is 6.52. The lowest BCUT2D eigenvalue weighted by Gasteiger charge is -2.45. The molecule has 21 heavy (non-hydrogen) atoms. The van der Waals surface area contributed by atoms with E-state index in [0.717, 1.165) is 18.7 Å². The molecule has 1 aromatic rings. The molecule has 3 N–H and O–H groups in total. The maximum atomic E-state index is 14.0. The number of hydrazine groups is 1. The average molecular weight is 291 g/mol. The van der Waals surface area contributed by atoms with Crippen molar-refractivity contribution in [3.8, 4) is 0 Å². The van der Waals surface area contributed by atoms with Crippen LogP contribution in [0.2, 0.25) is 0 Å². The van der Waals surface area contributed by atoms with Gasteiger partial charge in [-0.1, -0.05) is 31.0 Å². The molecular weight excluding hydrogens is 265 g/mol. The molecule has 1 aromatic carbocycles. The Morgan fingerprint density at radius 2 is 1.81 bits per heavy atom. The van der Waals surface area contributed by atoms with Crippen molar-refractivity contribution < 1.29 is 4.39 Å². The first-order valence-electron chi connectivity index (χ1n) is 8.21. The summed E-state index contributed by atoms with van der Waals surface area (Å²) < 4.78 is 14.0. The second kappa shape index (κ2) is 6.42. The summed E-state index contributed by atoms with van der Waals surface area (Å²) in [6, 6.07) is 7.19. The highest BCUT2D eigenvalue weighted by Crippen LogP contribution is 2.40. The molecule has 1 heterocycles. The molecule has 1 aliphatic heterocycles. The van der Waals surface area contributed by atoms with E-state index in [9.17, 15) is 4.39 Å². The molecular formula is C17H26FN3. The topological polar surface area (TPSA) is 41.3 Å². The fourth-order valence-corrected chi connectivity index (χ4v) is 4.32. The first kappa shape index (κ1) is 14.9. The van der Waals surface area contributed by atoms with Crippen molar-refractivity contribution in [3.63, 3.8) is 0 Å². The summed E-state index contributed by atoms with van der Waals surface area (Å²) in [6.07, 6.45) is 8.09. The molecule has 0 radical (unpaired) electrons. The van der Waals surface area contributed by atoms with E-state index in [2.05, 4.69) is 10.3 Å². The summed E-state index contributed by atoms with van der Waals surface area (Å²) in [5.41, 5.74) is 3.92. The first-order chi connectivity index (χ1) is 10.3. The molecule has 1 unspecified atom stereocenters. The minimum Gasteiger partial charge on any atom is -0.296 e. The van der Waals surface area contributed by atoms with E-state index >= 15 is 0 Å². The zero-order valence-corrected chi connectivity index (χ0v) is 12.7. The van der Waals surface area contributed by atoms with E-state index in [4.69, 9.17) is 5.84 Å². The predicted octanol–water partition coefficient (Wildman–Crippen LogP) is 2.61. The maximum absolute atomic E-state index is 14.0. The van der Waals surface area contributed by atoms with Gasteiger partial charge in [-0.3, -0.25) is 16.2 Å². The van der Waals surface area contributed by atoms with Gasteiger partial charge in [0.25, 0.3) is 0 Å². The number of benzene rings is 1. The van der Waals surface area contributed by atoms with Crippen molar-refractivity contribution in [3.05, 3.63) is 35.6 Å². The average Bonchev–Trinajstić information content (AvgIpc) is 3.18. The minimum absolute atomic E-state index is 0.118. The summed E-state index contributed by atoms with van der Waals surface area (Å²) in [4.78, 5) is 2.62. The quantitative estimate of drug-likeness (QED) is 0.647. The second-order valence-corrected chi connectivity index (χ2v) is 6.52. The van der Waals surface area contributed by atoms with Gasteiger partial charge in [-0.15, -0.1) is 0 Å². The number of hydrogen-bond acceptors (Lipinski definition) is 3. The minimum atomic E-state index is -0.118. The monoisotopic (exact) mass is 291 g/mol. The van der Waals surface area contributed by atoms with E-state index in [1.807, 2.05) is 12.1 Å². The third kappa shape index (κ3) is 2.85. The third-order valence-electron chi connectivity index (χ3n) is 5.44. The predicted molar refractivity (Wildman–Crippen MR) is 83.2 cm³/mol. The van der Waals surface area contributed by atoms with Gasteiger partial charge >= 0.3 is 0 Å². The van der Waals surface area contributed by atoms with E-state index in [-0.39, 0.29) is 17.4 Å². The van der Waals surface area contributed by atoms with E-state index in [1.165, 1.54) is 38.5 Å². The Hall–Kier alpha value is -0.970. The summed E-state index contributed by atoms with van der Waals surface area (Å²) in [6.45, 7) is 2.32. The lowest BCUT2D eigenvalue weighted by atomic mass is 9.83. The molecule has 0 aromatic heterocycles. The highest BCUT2D eigenvalue weighted by Gasteiger charge is 2.46. The maximum Gasteiger partial charge on any atom is 0.126 e. The molecule has 0 amide bonds. The number of nitrogens with zero attached hydrogens (tertiary/aromatic N) is 1. The van der Waals surface area contributed by atoms with Crippen LogP contribution in [0.5, 0.6) is 0 Å². The summed E-state index contributed by atoms with van der Waals surface area (Å²) in [5, 5.41) is 0. The summed E-state index contributed by atoms with van der Waals surface area (Å²) >= 11 is 0. The van der Waals surface area contributed by atoms with Crippen LogP contribution in [-0.2, 0) is 6.42 Å². The highest BCUT2D eigenvalue weighted by molar-refractivity contribution is 5.20. The van der Waals surface area contributed by atoms with Crippen molar-refractivity contribution in [1.82, 2.24) is 10.3 Å². The van der Waals surface area contributed by atoms with E-state index in [0.29, 0.717) is 6.42 Å². The Morgan fingerprint density at radius 3 is 2.43 bits per heavy atom. The molecule has 2 fully saturated rings. The molecule has 4 heteroatoms. The van der Waals surface area contributed by atoms with Crippen LogP contribution >= 0.6 is 0 Å². The van der Waals surface area contributed by atoms with Gasteiger partial charge in [-0.25, -0.2) is 4.39 Å². The van der Waals surface area contributed by atoms with Crippen LogP contribution < -0.4 is 11.3 Å². The molecule has 3 nitrogen and oxygen atoms in total. The SMILES string of the molecule is NNC(Cc1ccccc1F)C1(N2CCCC2)CCCC1. The molecule has 116 valence electrons. The number of likely N-dealkylation sites (tertiary alicyclic amines) is 1. The zero-order chi connectivity index (χ0) is 14.7. The van der Waals surface area contributed by atoms with Crippen LogP contribution in [-0.4, -0.2) is 29.6 Å². The Balaban J connectivity index is 1.84. The number of rotatable bonds is 5. The zero-order valence-electron chi connectivity index (χ0n) is 12.7. The molecule has 0 spiro atoms. The van der Waals surface area contributed by atoms with Crippen LogP contribution in [0.1, 0.15) is 44.1 Å². The summed E-state index contributed by atoms with van der Waals surface area (Å²) in [7, 11) is 0. The lowest BCUT2D eigenvalue weighted by Crippen LogP contribution is -2.61. The molecule has 1 saturated heterocycles. The third-order valence-corrected chi connectivity index (χ3v) is 5.44. The van der Waals surface area contributed by atoms with Gasteiger partial charge in [-0.05, 0) is 56.8 Å². The van der Waals surface area contributed by atoms with Gasteiger partial charge in [0, 0.05) is 11.6 Å². The largest absolute Gasteiger partial charge is 0.296 e. The van der Waals surface area contributed by atoms with Gasteiger partial charge in [0.15, 0.2) is 0 Å². The van der Waals surface area contributed by atoms with Gasteiger partial charge in [0.1, 0.15) is 5.82 Å². The fraction of sp³-hybridized carbons (Fsp3) is 0.647. The Labute approximate surface area is 126 Å². The van der Waals surface area contributed by atoms with Crippen LogP contribution in [0.15, 0.2) is 24.3 Å². The molecule has 1 saturated carbocycles. The van der Waals surface area contributed by atoms with Crippen molar-refractivity contribution in [2.45, 2.75) is 56.5 Å². The van der Waals surface area contributed by atoms with Crippen LogP contribution in [0.4, 0.5) is 4.39 Å². The number of hydrogen-bond donors (Lipinski definition) is 2. The standard InChI is InChI=1S/C17H26FN3/c18-15-8-2-1-7-14(15)13-16(20-19)17(9-3-4-10-17)21-11-5-6-12-21/h1-2,7-8,16,20H,3-6,9-13,19H2. The van der Waals surface area contributed by atoms with E-state index in [1.54, 1.807) is 12.1 Å². The van der Waals surface area contributed by atoms with Crippen molar-refractivity contribution >= 4 is 0 Å². The number of halogens is 1. The van der Waals surface area contributed by atoms with Crippen LogP contribution in [0.25, 0.3) is 0 Å². The van der Waals surface area contributed by atoms with Crippen molar-refractivity contribution in [1.29, 1.82) is 0 Å². The van der Waals surface area contributed by atoms with Crippen molar-refractivity contribution in [2.75, 3.05) is 13.1 Å². The van der Waals surface area contributed by atoms with Gasteiger partial charge in [0.2, 0.25) is 0 Å². The van der Waals surface area contributed by atoms with Gasteiger partial charge in [0.05, 0.1) is 0 Å². The van der Waals surface area contributed by atoms with Gasteiger partial charge < -0.3 is 0 Å². The molecule has 1 atom stereocenters. The summed E-state index contributed by atoms with van der Waals surface area (Å²) in [5.74, 6) is 5.79.